The molecule has 0 radical (unpaired) electrons. The van der Waals surface area contributed by atoms with Gasteiger partial charge in [0.15, 0.2) is 5.78 Å². The quantitative estimate of drug-likeness (QED) is 0.705. The summed E-state index contributed by atoms with van der Waals surface area (Å²) in [6, 6.07) is 15.9. The number of benzene rings is 2. The van der Waals surface area contributed by atoms with E-state index in [1.807, 2.05) is 19.9 Å². The monoisotopic (exact) mass is 408 g/mol. The molecule has 0 aliphatic carbocycles. The van der Waals surface area contributed by atoms with Crippen LogP contribution >= 0.6 is 0 Å². The van der Waals surface area contributed by atoms with Crippen molar-refractivity contribution in [1.29, 1.82) is 0 Å². The van der Waals surface area contributed by atoms with Crippen LogP contribution in [0.15, 0.2) is 54.6 Å². The van der Waals surface area contributed by atoms with Gasteiger partial charge < -0.3 is 14.5 Å². The largest absolute Gasteiger partial charge is 0.449 e. The Labute approximate surface area is 177 Å². The molecule has 0 saturated carbocycles. The van der Waals surface area contributed by atoms with E-state index < -0.39 is 0 Å². The first kappa shape index (κ1) is 21.6. The van der Waals surface area contributed by atoms with Crippen LogP contribution in [0.4, 0.5) is 4.79 Å². The molecule has 0 aromatic heterocycles. The minimum atomic E-state index is -0.336. The summed E-state index contributed by atoms with van der Waals surface area (Å²) in [5.41, 5.74) is 1.33. The summed E-state index contributed by atoms with van der Waals surface area (Å²) in [5, 5.41) is 0. The fourth-order valence-corrected chi connectivity index (χ4v) is 3.42. The van der Waals surface area contributed by atoms with Crippen molar-refractivity contribution in [1.82, 2.24) is 9.80 Å². The van der Waals surface area contributed by atoms with E-state index in [-0.39, 0.29) is 23.7 Å². The van der Waals surface area contributed by atoms with Gasteiger partial charge in [0.05, 0.1) is 12.2 Å². The lowest BCUT2D eigenvalue weighted by Crippen LogP contribution is -2.38. The minimum absolute atomic E-state index is 0.173. The Morgan fingerprint density at radius 2 is 1.43 bits per heavy atom. The van der Waals surface area contributed by atoms with E-state index in [0.29, 0.717) is 55.9 Å². The van der Waals surface area contributed by atoms with E-state index in [9.17, 15) is 14.4 Å². The summed E-state index contributed by atoms with van der Waals surface area (Å²) in [7, 11) is 0. The standard InChI is InChI=1S/C24H28N2O4/c1-18(2)17-30-24(29)26-14-8-13-25(15-16-26)23(28)21-12-7-6-11-20(21)22(27)19-9-4-3-5-10-19/h3-7,9-12,18H,8,13-17H2,1-2H3. The fourth-order valence-electron chi connectivity index (χ4n) is 3.42. The number of hydrogen-bond donors (Lipinski definition) is 0. The topological polar surface area (TPSA) is 66.9 Å². The first-order chi connectivity index (χ1) is 14.5. The van der Waals surface area contributed by atoms with Crippen LogP contribution in [0.2, 0.25) is 0 Å². The van der Waals surface area contributed by atoms with Crippen molar-refractivity contribution in [3.8, 4) is 0 Å². The Hall–Kier alpha value is -3.15. The van der Waals surface area contributed by atoms with Crippen LogP contribution in [0.5, 0.6) is 0 Å². The van der Waals surface area contributed by atoms with Gasteiger partial charge in [-0.15, -0.1) is 0 Å². The molecule has 158 valence electrons. The van der Waals surface area contributed by atoms with E-state index >= 15 is 0 Å². The van der Waals surface area contributed by atoms with Crippen molar-refractivity contribution in [2.75, 3.05) is 32.8 Å². The van der Waals surface area contributed by atoms with Gasteiger partial charge >= 0.3 is 6.09 Å². The first-order valence-electron chi connectivity index (χ1n) is 10.4. The SMILES string of the molecule is CC(C)COC(=O)N1CCCN(C(=O)c2ccccc2C(=O)c2ccccc2)CC1. The Balaban J connectivity index is 1.72. The van der Waals surface area contributed by atoms with Crippen LogP contribution in [0.1, 0.15) is 46.5 Å². The zero-order valence-corrected chi connectivity index (χ0v) is 17.5. The summed E-state index contributed by atoms with van der Waals surface area (Å²) >= 11 is 0. The highest BCUT2D eigenvalue weighted by Gasteiger charge is 2.26. The number of carbonyl (C=O) groups excluding carboxylic acids is 3. The van der Waals surface area contributed by atoms with E-state index in [2.05, 4.69) is 0 Å². The van der Waals surface area contributed by atoms with Gasteiger partial charge in [0, 0.05) is 37.3 Å². The number of hydrogen-bond acceptors (Lipinski definition) is 4. The number of carbonyl (C=O) groups is 3. The molecule has 0 atom stereocenters. The van der Waals surface area contributed by atoms with Crippen molar-refractivity contribution >= 4 is 17.8 Å². The van der Waals surface area contributed by atoms with Crippen LogP contribution in [-0.2, 0) is 4.74 Å². The number of amides is 2. The second kappa shape index (κ2) is 10.1. The van der Waals surface area contributed by atoms with E-state index in [0.717, 1.165) is 0 Å². The van der Waals surface area contributed by atoms with Gasteiger partial charge in [0.25, 0.3) is 5.91 Å². The molecule has 6 heteroatoms. The van der Waals surface area contributed by atoms with E-state index in [1.54, 1.807) is 58.3 Å². The lowest BCUT2D eigenvalue weighted by molar-refractivity contribution is 0.0743. The normalized spacial score (nSPS) is 14.4. The molecule has 0 bridgehead atoms. The average molecular weight is 408 g/mol. The highest BCUT2D eigenvalue weighted by atomic mass is 16.6. The molecule has 3 rings (SSSR count). The third-order valence-corrected chi connectivity index (χ3v) is 5.02. The summed E-state index contributed by atoms with van der Waals surface area (Å²) in [5.74, 6) is -0.0850. The van der Waals surface area contributed by atoms with Crippen LogP contribution < -0.4 is 0 Å². The maximum atomic E-state index is 13.2. The summed E-state index contributed by atoms with van der Waals surface area (Å²) in [6.45, 7) is 6.26. The Kier molecular flexibility index (Phi) is 7.22. The molecule has 2 amide bonds. The Morgan fingerprint density at radius 1 is 0.833 bits per heavy atom. The molecule has 6 nitrogen and oxygen atoms in total. The van der Waals surface area contributed by atoms with E-state index in [1.165, 1.54) is 0 Å². The zero-order valence-electron chi connectivity index (χ0n) is 17.5. The lowest BCUT2D eigenvalue weighted by Gasteiger charge is -2.23. The number of rotatable bonds is 5. The fraction of sp³-hybridized carbons (Fsp3) is 0.375. The minimum Gasteiger partial charge on any atom is -0.449 e. The van der Waals surface area contributed by atoms with Gasteiger partial charge in [0.1, 0.15) is 0 Å². The number of nitrogens with zero attached hydrogens (tertiary/aromatic N) is 2. The van der Waals surface area contributed by atoms with Gasteiger partial charge in [-0.3, -0.25) is 9.59 Å². The second-order valence-corrected chi connectivity index (χ2v) is 7.84. The molecule has 2 aromatic carbocycles. The van der Waals surface area contributed by atoms with Crippen molar-refractivity contribution < 1.29 is 19.1 Å². The molecule has 1 aliphatic heterocycles. The zero-order chi connectivity index (χ0) is 21.5. The van der Waals surface area contributed by atoms with Crippen LogP contribution in [0, 0.1) is 5.92 Å². The van der Waals surface area contributed by atoms with Crippen molar-refractivity contribution in [3.63, 3.8) is 0 Å². The molecule has 0 spiro atoms. The van der Waals surface area contributed by atoms with Gasteiger partial charge in [-0.2, -0.15) is 0 Å². The lowest BCUT2D eigenvalue weighted by atomic mass is 9.97. The predicted molar refractivity (Wildman–Crippen MR) is 115 cm³/mol. The summed E-state index contributed by atoms with van der Waals surface area (Å²) in [4.78, 5) is 41.8. The highest BCUT2D eigenvalue weighted by molar-refractivity contribution is 6.15. The Bertz CT molecular complexity index is 895. The van der Waals surface area contributed by atoms with Gasteiger partial charge in [-0.1, -0.05) is 62.4 Å². The molecule has 1 fully saturated rings. The number of ketones is 1. The summed E-state index contributed by atoms with van der Waals surface area (Å²) in [6.07, 6.45) is 0.329. The summed E-state index contributed by atoms with van der Waals surface area (Å²) < 4.78 is 5.32. The predicted octanol–water partition coefficient (Wildman–Crippen LogP) is 3.86. The van der Waals surface area contributed by atoms with Crippen molar-refractivity contribution in [2.45, 2.75) is 20.3 Å². The average Bonchev–Trinajstić information content (AvgIpc) is 3.03. The van der Waals surface area contributed by atoms with Gasteiger partial charge in [-0.25, -0.2) is 4.79 Å². The molecule has 0 unspecified atom stereocenters. The third kappa shape index (κ3) is 5.26. The van der Waals surface area contributed by atoms with Crippen LogP contribution in [0.25, 0.3) is 0 Å². The molecule has 0 N–H and O–H groups in total. The van der Waals surface area contributed by atoms with Gasteiger partial charge in [0.2, 0.25) is 0 Å². The molecular formula is C24H28N2O4. The molecule has 1 aliphatic rings. The van der Waals surface area contributed by atoms with Crippen LogP contribution in [0.3, 0.4) is 0 Å². The Morgan fingerprint density at radius 3 is 2.13 bits per heavy atom. The molecule has 30 heavy (non-hydrogen) atoms. The van der Waals surface area contributed by atoms with Gasteiger partial charge in [-0.05, 0) is 18.4 Å². The maximum Gasteiger partial charge on any atom is 0.409 e. The smallest absolute Gasteiger partial charge is 0.409 e. The molecule has 2 aromatic rings. The van der Waals surface area contributed by atoms with Crippen molar-refractivity contribution in [2.24, 2.45) is 5.92 Å². The van der Waals surface area contributed by atoms with E-state index in [4.69, 9.17) is 4.74 Å². The number of ether oxygens (including phenoxy) is 1. The molecule has 1 saturated heterocycles. The highest BCUT2D eigenvalue weighted by Crippen LogP contribution is 2.18. The first-order valence-corrected chi connectivity index (χ1v) is 10.4. The molecule has 1 heterocycles. The molecular weight excluding hydrogens is 380 g/mol. The maximum absolute atomic E-state index is 13.2. The van der Waals surface area contributed by atoms with Crippen LogP contribution in [-0.4, -0.2) is 60.4 Å². The second-order valence-electron chi connectivity index (χ2n) is 7.84. The third-order valence-electron chi connectivity index (χ3n) is 5.02. The van der Waals surface area contributed by atoms with Crippen molar-refractivity contribution in [3.05, 3.63) is 71.3 Å².